The number of hydrogen-bond donors (Lipinski definition) is 1. The van der Waals surface area contributed by atoms with Gasteiger partial charge in [-0.25, -0.2) is 0 Å². The molecule has 6 heteroatoms. The van der Waals surface area contributed by atoms with E-state index in [0.717, 1.165) is 25.1 Å². The van der Waals surface area contributed by atoms with Crippen LogP contribution in [0.25, 0.3) is 6.08 Å². The minimum absolute atomic E-state index is 0.0561. The number of amides is 2. The van der Waals surface area contributed by atoms with Crippen LogP contribution >= 0.6 is 12.2 Å². The van der Waals surface area contributed by atoms with Crippen molar-refractivity contribution < 1.29 is 9.59 Å². The van der Waals surface area contributed by atoms with Gasteiger partial charge in [-0.1, -0.05) is 31.9 Å². The number of nitrogens with one attached hydrogen (secondary N) is 1. The van der Waals surface area contributed by atoms with Crippen molar-refractivity contribution in [2.45, 2.75) is 52.0 Å². The van der Waals surface area contributed by atoms with Crippen LogP contribution in [0.5, 0.6) is 0 Å². The highest BCUT2D eigenvalue weighted by Gasteiger charge is 2.35. The molecule has 0 aliphatic carbocycles. The minimum atomic E-state index is -0.429. The predicted molar refractivity (Wildman–Crippen MR) is 112 cm³/mol. The molecule has 0 unspecified atom stereocenters. The summed E-state index contributed by atoms with van der Waals surface area (Å²) in [5.41, 5.74) is 2.16. The maximum absolute atomic E-state index is 12.8. The molecule has 0 aromatic heterocycles. The lowest BCUT2D eigenvalue weighted by molar-refractivity contribution is -0.130. The zero-order chi connectivity index (χ0) is 19.4. The molecule has 2 heterocycles. The Balaban J connectivity index is 1.81. The first kappa shape index (κ1) is 19.5. The van der Waals surface area contributed by atoms with Gasteiger partial charge in [0.05, 0.1) is 0 Å². The fourth-order valence-electron chi connectivity index (χ4n) is 3.53. The van der Waals surface area contributed by atoms with Crippen LogP contribution in [0.15, 0.2) is 29.8 Å². The summed E-state index contributed by atoms with van der Waals surface area (Å²) in [6.45, 7) is 6.09. The second kappa shape index (κ2) is 8.65. The standard InChI is InChI=1S/C21H27N3O2S/c1-3-15(2)24-20(26)18(19(25)22-21(24)27)14-16-8-10-17(11-9-16)23-12-6-4-5-7-13-23/h8-11,14-15H,3-7,12-13H2,1-2H3,(H,22,25,27)/b18-14+/t15-/m0/s1. The fraction of sp³-hybridized carbons (Fsp3) is 0.476. The third-order valence-corrected chi connectivity index (χ3v) is 5.64. The Kier molecular flexibility index (Phi) is 6.26. The quantitative estimate of drug-likeness (QED) is 0.490. The van der Waals surface area contributed by atoms with Crippen molar-refractivity contribution in [1.29, 1.82) is 0 Å². The monoisotopic (exact) mass is 385 g/mol. The topological polar surface area (TPSA) is 52.7 Å². The normalized spacial score (nSPS) is 21.3. The van der Waals surface area contributed by atoms with Gasteiger partial charge >= 0.3 is 0 Å². The smallest absolute Gasteiger partial charge is 0.265 e. The third kappa shape index (κ3) is 4.38. The van der Waals surface area contributed by atoms with Crippen molar-refractivity contribution in [3.8, 4) is 0 Å². The van der Waals surface area contributed by atoms with Crippen molar-refractivity contribution >= 4 is 40.9 Å². The van der Waals surface area contributed by atoms with E-state index in [0.29, 0.717) is 0 Å². The van der Waals surface area contributed by atoms with Gasteiger partial charge in [0, 0.05) is 24.8 Å². The number of rotatable bonds is 4. The fourth-order valence-corrected chi connectivity index (χ4v) is 3.89. The summed E-state index contributed by atoms with van der Waals surface area (Å²) in [4.78, 5) is 29.0. The van der Waals surface area contributed by atoms with E-state index in [1.807, 2.05) is 26.0 Å². The first-order chi connectivity index (χ1) is 13.0. The Morgan fingerprint density at radius 2 is 1.74 bits per heavy atom. The van der Waals surface area contributed by atoms with Gasteiger partial charge in [0.25, 0.3) is 11.8 Å². The van der Waals surface area contributed by atoms with Gasteiger partial charge in [-0.15, -0.1) is 0 Å². The Morgan fingerprint density at radius 3 is 2.33 bits per heavy atom. The van der Waals surface area contributed by atoms with Gasteiger partial charge in [-0.2, -0.15) is 0 Å². The summed E-state index contributed by atoms with van der Waals surface area (Å²) in [5.74, 6) is -0.754. The molecule has 2 fully saturated rings. The molecule has 0 bridgehead atoms. The van der Waals surface area contributed by atoms with Crippen molar-refractivity contribution in [1.82, 2.24) is 10.2 Å². The molecule has 0 spiro atoms. The molecule has 2 aliphatic rings. The Morgan fingerprint density at radius 1 is 1.11 bits per heavy atom. The van der Waals surface area contributed by atoms with Crippen LogP contribution in [0.1, 0.15) is 51.5 Å². The number of carbonyl (C=O) groups is 2. The molecule has 144 valence electrons. The molecule has 1 N–H and O–H groups in total. The number of carbonyl (C=O) groups excluding carboxylic acids is 2. The van der Waals surface area contributed by atoms with Crippen LogP contribution in [0.4, 0.5) is 5.69 Å². The van der Waals surface area contributed by atoms with Gasteiger partial charge in [0.15, 0.2) is 5.11 Å². The van der Waals surface area contributed by atoms with Crippen LogP contribution in [-0.2, 0) is 9.59 Å². The third-order valence-electron chi connectivity index (χ3n) is 5.34. The second-order valence-electron chi connectivity index (χ2n) is 7.24. The summed E-state index contributed by atoms with van der Waals surface area (Å²) in [7, 11) is 0. The molecule has 3 rings (SSSR count). The highest BCUT2D eigenvalue weighted by molar-refractivity contribution is 7.80. The maximum Gasteiger partial charge on any atom is 0.265 e. The van der Waals surface area contributed by atoms with Gasteiger partial charge < -0.3 is 4.90 Å². The van der Waals surface area contributed by atoms with Crippen LogP contribution in [0.2, 0.25) is 0 Å². The van der Waals surface area contributed by atoms with E-state index in [1.165, 1.54) is 36.3 Å². The molecular formula is C21H27N3O2S. The van der Waals surface area contributed by atoms with Crippen LogP contribution in [0, 0.1) is 0 Å². The Hall–Kier alpha value is -2.21. The van der Waals surface area contributed by atoms with Crippen molar-refractivity contribution in [3.05, 3.63) is 35.4 Å². The van der Waals surface area contributed by atoms with E-state index in [4.69, 9.17) is 12.2 Å². The lowest BCUT2D eigenvalue weighted by Gasteiger charge is -2.33. The highest BCUT2D eigenvalue weighted by atomic mass is 32.1. The van der Waals surface area contributed by atoms with E-state index < -0.39 is 5.91 Å². The predicted octanol–water partition coefficient (Wildman–Crippen LogP) is 3.49. The lowest BCUT2D eigenvalue weighted by atomic mass is 10.1. The Bertz CT molecular complexity index is 749. The summed E-state index contributed by atoms with van der Waals surface area (Å²) >= 11 is 5.18. The van der Waals surface area contributed by atoms with Crippen molar-refractivity contribution in [2.75, 3.05) is 18.0 Å². The second-order valence-corrected chi connectivity index (χ2v) is 7.63. The zero-order valence-corrected chi connectivity index (χ0v) is 16.8. The molecule has 2 amide bonds. The first-order valence-corrected chi connectivity index (χ1v) is 10.2. The first-order valence-electron chi connectivity index (χ1n) is 9.77. The van der Waals surface area contributed by atoms with Gasteiger partial charge in [0.1, 0.15) is 5.57 Å². The van der Waals surface area contributed by atoms with Crippen LogP contribution < -0.4 is 10.2 Å². The van der Waals surface area contributed by atoms with Crippen molar-refractivity contribution in [3.63, 3.8) is 0 Å². The summed E-state index contributed by atoms with van der Waals surface area (Å²) in [6, 6.07) is 8.02. The molecule has 2 aliphatic heterocycles. The summed E-state index contributed by atoms with van der Waals surface area (Å²) in [6.07, 6.45) is 7.47. The molecule has 27 heavy (non-hydrogen) atoms. The maximum atomic E-state index is 12.8. The molecule has 1 aromatic rings. The average Bonchev–Trinajstić information content (AvgIpc) is 2.94. The van der Waals surface area contributed by atoms with Crippen LogP contribution in [-0.4, -0.2) is 41.0 Å². The average molecular weight is 386 g/mol. The summed E-state index contributed by atoms with van der Waals surface area (Å²) in [5, 5.41) is 2.82. The van der Waals surface area contributed by atoms with E-state index in [2.05, 4.69) is 22.3 Å². The van der Waals surface area contributed by atoms with Gasteiger partial charge in [0.2, 0.25) is 0 Å². The number of benzene rings is 1. The van der Waals surface area contributed by atoms with E-state index >= 15 is 0 Å². The lowest BCUT2D eigenvalue weighted by Crippen LogP contribution is -2.56. The summed E-state index contributed by atoms with van der Waals surface area (Å²) < 4.78 is 0. The molecule has 0 saturated carbocycles. The Labute approximate surface area is 166 Å². The molecule has 2 saturated heterocycles. The number of anilines is 1. The highest BCUT2D eigenvalue weighted by Crippen LogP contribution is 2.22. The largest absolute Gasteiger partial charge is 0.372 e. The number of thiocarbonyl (C=S) groups is 1. The molecule has 5 nitrogen and oxygen atoms in total. The molecular weight excluding hydrogens is 358 g/mol. The molecule has 1 atom stereocenters. The van der Waals surface area contributed by atoms with E-state index in [-0.39, 0.29) is 22.6 Å². The minimum Gasteiger partial charge on any atom is -0.372 e. The van der Waals surface area contributed by atoms with E-state index in [1.54, 1.807) is 6.08 Å². The zero-order valence-electron chi connectivity index (χ0n) is 16.0. The number of nitrogens with zero attached hydrogens (tertiary/aromatic N) is 2. The molecule has 0 radical (unpaired) electrons. The van der Waals surface area contributed by atoms with Crippen LogP contribution in [0.3, 0.4) is 0 Å². The van der Waals surface area contributed by atoms with E-state index in [9.17, 15) is 9.59 Å². The van der Waals surface area contributed by atoms with Crippen molar-refractivity contribution in [2.24, 2.45) is 0 Å². The number of hydrogen-bond acceptors (Lipinski definition) is 4. The molecule has 1 aromatic carbocycles. The SMILES string of the molecule is CC[C@H](C)N1C(=O)/C(=C/c2ccc(N3CCCCCC3)cc2)C(=O)NC1=S. The van der Waals surface area contributed by atoms with Gasteiger partial charge in [-0.05, 0) is 62.2 Å². The van der Waals surface area contributed by atoms with Gasteiger partial charge in [-0.3, -0.25) is 19.8 Å².